The van der Waals surface area contributed by atoms with Crippen molar-refractivity contribution >= 4 is 22.7 Å². The number of nitrogens with zero attached hydrogens (tertiary/aromatic N) is 1. The molecule has 158 valence electrons. The third-order valence-electron chi connectivity index (χ3n) is 6.63. The molecule has 3 aliphatic heterocycles. The van der Waals surface area contributed by atoms with Gasteiger partial charge in [0, 0.05) is 43.9 Å². The van der Waals surface area contributed by atoms with Gasteiger partial charge < -0.3 is 24.7 Å². The van der Waals surface area contributed by atoms with Gasteiger partial charge in [0.1, 0.15) is 5.60 Å². The Morgan fingerprint density at radius 3 is 3.13 bits per heavy atom. The summed E-state index contributed by atoms with van der Waals surface area (Å²) >= 11 is 0. The predicted molar refractivity (Wildman–Crippen MR) is 112 cm³/mol. The minimum Gasteiger partial charge on any atom is -0.385 e. The summed E-state index contributed by atoms with van der Waals surface area (Å²) in [4.78, 5) is 31.3. The number of amides is 2. The Kier molecular flexibility index (Phi) is 4.87. The average molecular weight is 409 g/mol. The van der Waals surface area contributed by atoms with Crippen LogP contribution in [0.25, 0.3) is 10.9 Å². The number of carbonyl (C=O) groups is 2. The molecule has 2 aromatic rings. The molecule has 5 rings (SSSR count). The van der Waals surface area contributed by atoms with Crippen LogP contribution in [-0.2, 0) is 25.5 Å². The van der Waals surface area contributed by atoms with Crippen LogP contribution in [0.15, 0.2) is 42.6 Å². The first kappa shape index (κ1) is 19.3. The highest BCUT2D eigenvalue weighted by Crippen LogP contribution is 2.51. The average Bonchev–Trinajstić information content (AvgIpc) is 3.49. The van der Waals surface area contributed by atoms with Crippen LogP contribution in [0.1, 0.15) is 12.0 Å². The molecule has 0 aliphatic carbocycles. The molecule has 2 saturated heterocycles. The Morgan fingerprint density at radius 2 is 2.27 bits per heavy atom. The first-order chi connectivity index (χ1) is 14.6. The number of hydrogen-bond donors (Lipinski definition) is 2. The third-order valence-corrected chi connectivity index (χ3v) is 6.63. The monoisotopic (exact) mass is 409 g/mol. The quantitative estimate of drug-likeness (QED) is 0.513. The van der Waals surface area contributed by atoms with Crippen molar-refractivity contribution in [3.8, 4) is 0 Å². The van der Waals surface area contributed by atoms with Gasteiger partial charge in [0.25, 0.3) is 0 Å². The fraction of sp³-hybridized carbons (Fsp3) is 0.478. The molecule has 4 atom stereocenters. The van der Waals surface area contributed by atoms with E-state index in [0.29, 0.717) is 26.2 Å². The van der Waals surface area contributed by atoms with Crippen molar-refractivity contribution in [1.82, 2.24) is 15.2 Å². The minimum atomic E-state index is -0.656. The largest absolute Gasteiger partial charge is 0.385 e. The van der Waals surface area contributed by atoms with Gasteiger partial charge in [0.05, 0.1) is 24.5 Å². The standard InChI is InChI=1S/C23H27N3O4/c1-29-12-4-10-24-21(27)19-18-7-9-23(30-18)14-26(22(28)20(19)23)11-8-15-13-25-17-6-3-2-5-16(15)17/h2-3,5-7,9,13,18-20,25H,4,8,10-12,14H2,1H3,(H,24,27)/t18-,19-,20+,23-/m0/s1. The van der Waals surface area contributed by atoms with Gasteiger partial charge in [-0.25, -0.2) is 0 Å². The molecular formula is C23H27N3O4. The zero-order chi connectivity index (χ0) is 20.7. The summed E-state index contributed by atoms with van der Waals surface area (Å²) in [6.07, 6.45) is 7.17. The van der Waals surface area contributed by atoms with Gasteiger partial charge in [-0.1, -0.05) is 30.4 Å². The maximum absolute atomic E-state index is 13.3. The molecule has 1 aromatic heterocycles. The van der Waals surface area contributed by atoms with E-state index in [9.17, 15) is 9.59 Å². The highest BCUT2D eigenvalue weighted by atomic mass is 16.5. The predicted octanol–water partition coefficient (Wildman–Crippen LogP) is 1.65. The molecule has 2 fully saturated rings. The summed E-state index contributed by atoms with van der Waals surface area (Å²) in [5.74, 6) is -0.959. The van der Waals surface area contributed by atoms with E-state index in [1.807, 2.05) is 35.4 Å². The Morgan fingerprint density at radius 1 is 1.40 bits per heavy atom. The van der Waals surface area contributed by atoms with Crippen LogP contribution in [0, 0.1) is 11.8 Å². The molecule has 1 spiro atoms. The van der Waals surface area contributed by atoms with E-state index in [0.717, 1.165) is 18.4 Å². The van der Waals surface area contributed by atoms with Crippen molar-refractivity contribution in [2.45, 2.75) is 24.5 Å². The van der Waals surface area contributed by atoms with Crippen LogP contribution in [0.3, 0.4) is 0 Å². The summed E-state index contributed by atoms with van der Waals surface area (Å²) in [5, 5.41) is 4.14. The molecule has 7 nitrogen and oxygen atoms in total. The van der Waals surface area contributed by atoms with Gasteiger partial charge in [0.2, 0.25) is 11.8 Å². The van der Waals surface area contributed by atoms with Gasteiger partial charge >= 0.3 is 0 Å². The topological polar surface area (TPSA) is 83.7 Å². The van der Waals surface area contributed by atoms with E-state index >= 15 is 0 Å². The number of ether oxygens (including phenoxy) is 2. The smallest absolute Gasteiger partial charge is 0.230 e. The van der Waals surface area contributed by atoms with E-state index in [1.165, 1.54) is 10.9 Å². The second-order valence-corrected chi connectivity index (χ2v) is 8.41. The number of H-pyrrole nitrogens is 1. The second-order valence-electron chi connectivity index (χ2n) is 8.41. The molecule has 4 heterocycles. The van der Waals surface area contributed by atoms with Crippen molar-refractivity contribution in [2.75, 3.05) is 33.4 Å². The zero-order valence-electron chi connectivity index (χ0n) is 17.1. The summed E-state index contributed by atoms with van der Waals surface area (Å²) in [6, 6.07) is 8.18. The summed E-state index contributed by atoms with van der Waals surface area (Å²) in [7, 11) is 1.64. The van der Waals surface area contributed by atoms with E-state index in [1.54, 1.807) is 7.11 Å². The number of nitrogens with one attached hydrogen (secondary N) is 2. The zero-order valence-corrected chi connectivity index (χ0v) is 17.1. The van der Waals surface area contributed by atoms with Gasteiger partial charge in [-0.05, 0) is 24.5 Å². The highest BCUT2D eigenvalue weighted by molar-refractivity contribution is 5.93. The Bertz CT molecular complexity index is 999. The van der Waals surface area contributed by atoms with E-state index < -0.39 is 17.4 Å². The Hall–Kier alpha value is -2.64. The molecule has 7 heteroatoms. The number of methoxy groups -OCH3 is 1. The molecule has 3 aliphatic rings. The number of fused-ring (bicyclic) bond motifs is 2. The van der Waals surface area contributed by atoms with Crippen LogP contribution in [0.2, 0.25) is 0 Å². The number of carbonyl (C=O) groups excluding carboxylic acids is 2. The Labute approximate surface area is 175 Å². The number of aromatic nitrogens is 1. The second kappa shape index (κ2) is 7.56. The van der Waals surface area contributed by atoms with Gasteiger partial charge in [-0.3, -0.25) is 9.59 Å². The van der Waals surface area contributed by atoms with Gasteiger partial charge in [0.15, 0.2) is 0 Å². The summed E-state index contributed by atoms with van der Waals surface area (Å²) in [5.41, 5.74) is 1.64. The van der Waals surface area contributed by atoms with Crippen molar-refractivity contribution < 1.29 is 19.1 Å². The van der Waals surface area contributed by atoms with Gasteiger partial charge in [-0.15, -0.1) is 0 Å². The molecule has 2 bridgehead atoms. The number of para-hydroxylation sites is 1. The lowest BCUT2D eigenvalue weighted by molar-refractivity contribution is -0.137. The lowest BCUT2D eigenvalue weighted by atomic mass is 9.77. The molecule has 2 N–H and O–H groups in total. The highest BCUT2D eigenvalue weighted by Gasteiger charge is 2.66. The van der Waals surface area contributed by atoms with Crippen LogP contribution < -0.4 is 5.32 Å². The van der Waals surface area contributed by atoms with E-state index in [4.69, 9.17) is 9.47 Å². The van der Waals surface area contributed by atoms with Gasteiger partial charge in [-0.2, -0.15) is 0 Å². The van der Waals surface area contributed by atoms with Crippen molar-refractivity contribution in [3.63, 3.8) is 0 Å². The Balaban J connectivity index is 1.27. The number of rotatable bonds is 8. The summed E-state index contributed by atoms with van der Waals surface area (Å²) in [6.45, 7) is 2.26. The maximum Gasteiger partial charge on any atom is 0.230 e. The number of hydrogen-bond acceptors (Lipinski definition) is 4. The molecule has 0 saturated carbocycles. The normalized spacial score (nSPS) is 29.2. The van der Waals surface area contributed by atoms with E-state index in [-0.39, 0.29) is 17.9 Å². The molecule has 0 unspecified atom stereocenters. The van der Waals surface area contributed by atoms with Crippen LogP contribution in [0.5, 0.6) is 0 Å². The van der Waals surface area contributed by atoms with Crippen molar-refractivity contribution in [2.24, 2.45) is 11.8 Å². The molecular weight excluding hydrogens is 382 g/mol. The molecule has 30 heavy (non-hydrogen) atoms. The SMILES string of the molecule is COCCCNC(=O)[C@H]1[C@@H]2C=C[C@@]3(CN(CCc4c[nH]c5ccccc45)C(=O)[C@@H]13)O2. The number of likely N-dealkylation sites (tertiary alicyclic amines) is 1. The lowest BCUT2D eigenvalue weighted by Gasteiger charge is -2.23. The van der Waals surface area contributed by atoms with Crippen molar-refractivity contribution in [3.05, 3.63) is 48.2 Å². The molecule has 1 aromatic carbocycles. The lowest BCUT2D eigenvalue weighted by Crippen LogP contribution is -2.44. The fourth-order valence-electron chi connectivity index (χ4n) is 5.21. The first-order valence-electron chi connectivity index (χ1n) is 10.6. The number of benzene rings is 1. The van der Waals surface area contributed by atoms with E-state index in [2.05, 4.69) is 22.4 Å². The summed E-state index contributed by atoms with van der Waals surface area (Å²) < 4.78 is 11.2. The van der Waals surface area contributed by atoms with Crippen LogP contribution in [0.4, 0.5) is 0 Å². The number of aromatic amines is 1. The minimum absolute atomic E-state index is 0.0266. The fourth-order valence-corrected chi connectivity index (χ4v) is 5.21. The van der Waals surface area contributed by atoms with Crippen LogP contribution >= 0.6 is 0 Å². The third kappa shape index (κ3) is 3.04. The first-order valence-corrected chi connectivity index (χ1v) is 10.6. The van der Waals surface area contributed by atoms with Crippen LogP contribution in [-0.4, -0.2) is 66.8 Å². The molecule has 0 radical (unpaired) electrons. The maximum atomic E-state index is 13.3. The van der Waals surface area contributed by atoms with Crippen molar-refractivity contribution in [1.29, 1.82) is 0 Å². The molecule has 2 amide bonds.